The summed E-state index contributed by atoms with van der Waals surface area (Å²) in [5, 5.41) is 14.8. The highest BCUT2D eigenvalue weighted by Gasteiger charge is 2.28. The van der Waals surface area contributed by atoms with Crippen LogP contribution >= 0.6 is 0 Å². The molecule has 0 bridgehead atoms. The average Bonchev–Trinajstić information content (AvgIpc) is 3.24. The van der Waals surface area contributed by atoms with Gasteiger partial charge in [0, 0.05) is 29.5 Å². The number of carbonyl (C=O) groups excluding carboxylic acids is 1. The van der Waals surface area contributed by atoms with Gasteiger partial charge in [-0.25, -0.2) is 4.98 Å². The number of rotatable bonds is 10. The van der Waals surface area contributed by atoms with Gasteiger partial charge in [0.15, 0.2) is 0 Å². The minimum atomic E-state index is -0.823. The zero-order valence-electron chi connectivity index (χ0n) is 21.1. The minimum Gasteiger partial charge on any atom is -0.497 e. The van der Waals surface area contributed by atoms with Crippen molar-refractivity contribution in [3.8, 4) is 17.1 Å². The first-order valence-corrected chi connectivity index (χ1v) is 12.3. The van der Waals surface area contributed by atoms with Crippen molar-refractivity contribution in [2.45, 2.75) is 59.2 Å². The molecule has 0 amide bonds. The topological polar surface area (TPSA) is 119 Å². The second-order valence-corrected chi connectivity index (χ2v) is 8.36. The molecule has 4 rings (SSSR count). The summed E-state index contributed by atoms with van der Waals surface area (Å²) < 4.78 is 7.15. The first-order valence-electron chi connectivity index (χ1n) is 12.3. The molecule has 35 heavy (non-hydrogen) atoms. The predicted octanol–water partition coefficient (Wildman–Crippen LogP) is 3.08. The second-order valence-electron chi connectivity index (χ2n) is 8.36. The van der Waals surface area contributed by atoms with Crippen LogP contribution in [0.1, 0.15) is 62.0 Å². The van der Waals surface area contributed by atoms with Crippen molar-refractivity contribution >= 4 is 17.2 Å². The summed E-state index contributed by atoms with van der Waals surface area (Å²) in [6.45, 7) is 8.04. The monoisotopic (exact) mass is 480 g/mol. The van der Waals surface area contributed by atoms with E-state index in [-0.39, 0.29) is 12.0 Å². The number of pyridine rings is 2. The highest BCUT2D eigenvalue weighted by Crippen LogP contribution is 2.37. The highest BCUT2D eigenvalue weighted by molar-refractivity contribution is 5.89. The third-order valence-corrected chi connectivity index (χ3v) is 6.23. The van der Waals surface area contributed by atoms with E-state index in [1.54, 1.807) is 18.6 Å². The fourth-order valence-electron chi connectivity index (χ4n) is 4.55. The standard InChI is InChI=1S/C25H30N4O4.C2H6/c1-15(31)18-12-23-24-21(14-29(23)25(32)17(18)5-3-10-30)20(13-27-9-4-8-26)19-11-16(33-2)6-7-22(19)28-24;1-2/h6-7,10-12,15,27,31H,3-5,8-9,13-14,26H2,1-2H3;1-2H3. The number of ether oxygens (including phenoxy) is 1. The number of aldehydes is 1. The van der Waals surface area contributed by atoms with Gasteiger partial charge < -0.3 is 30.3 Å². The number of benzene rings is 1. The van der Waals surface area contributed by atoms with Gasteiger partial charge in [-0.2, -0.15) is 0 Å². The molecule has 3 aromatic rings. The maximum absolute atomic E-state index is 13.4. The molecule has 0 aliphatic carbocycles. The summed E-state index contributed by atoms with van der Waals surface area (Å²) in [6.07, 6.45) is 1.38. The molecular weight excluding hydrogens is 444 g/mol. The molecule has 0 spiro atoms. The molecule has 1 aliphatic heterocycles. The van der Waals surface area contributed by atoms with Gasteiger partial charge in [0.2, 0.25) is 0 Å². The van der Waals surface area contributed by atoms with Crippen LogP contribution in [0.5, 0.6) is 5.75 Å². The van der Waals surface area contributed by atoms with Crippen LogP contribution in [-0.4, -0.2) is 41.1 Å². The van der Waals surface area contributed by atoms with E-state index in [1.807, 2.05) is 38.1 Å². The third kappa shape index (κ3) is 5.29. The van der Waals surface area contributed by atoms with Gasteiger partial charge in [0.05, 0.1) is 36.7 Å². The Kier molecular flexibility index (Phi) is 9.14. The Balaban J connectivity index is 0.00000167. The lowest BCUT2D eigenvalue weighted by Crippen LogP contribution is -2.26. The van der Waals surface area contributed by atoms with Crippen molar-refractivity contribution in [3.63, 3.8) is 0 Å². The Hall–Kier alpha value is -3.07. The molecule has 8 nitrogen and oxygen atoms in total. The minimum absolute atomic E-state index is 0.174. The van der Waals surface area contributed by atoms with Crippen molar-refractivity contribution < 1.29 is 14.6 Å². The average molecular weight is 481 g/mol. The smallest absolute Gasteiger partial charge is 0.254 e. The molecular formula is C27H36N4O4. The molecule has 0 fully saturated rings. The van der Waals surface area contributed by atoms with Crippen LogP contribution in [0.25, 0.3) is 22.3 Å². The van der Waals surface area contributed by atoms with Crippen molar-refractivity contribution in [3.05, 3.63) is 56.9 Å². The number of hydrogen-bond donors (Lipinski definition) is 3. The number of nitrogens with one attached hydrogen (secondary N) is 1. The Morgan fingerprint density at radius 1 is 1.29 bits per heavy atom. The summed E-state index contributed by atoms with van der Waals surface area (Å²) in [7, 11) is 1.63. The van der Waals surface area contributed by atoms with Crippen LogP contribution in [0.15, 0.2) is 29.1 Å². The molecule has 0 radical (unpaired) electrons. The summed E-state index contributed by atoms with van der Waals surface area (Å²) >= 11 is 0. The van der Waals surface area contributed by atoms with Crippen molar-refractivity contribution in [1.29, 1.82) is 0 Å². The molecule has 0 saturated heterocycles. The molecule has 1 unspecified atom stereocenters. The van der Waals surface area contributed by atoms with E-state index < -0.39 is 6.10 Å². The largest absolute Gasteiger partial charge is 0.497 e. The summed E-state index contributed by atoms with van der Waals surface area (Å²) in [4.78, 5) is 29.3. The normalized spacial score (nSPS) is 12.5. The van der Waals surface area contributed by atoms with Gasteiger partial charge in [-0.15, -0.1) is 0 Å². The van der Waals surface area contributed by atoms with Crippen LogP contribution in [0, 0.1) is 0 Å². The van der Waals surface area contributed by atoms with E-state index in [0.29, 0.717) is 42.9 Å². The van der Waals surface area contributed by atoms with Crippen LogP contribution in [0.3, 0.4) is 0 Å². The quantitative estimate of drug-likeness (QED) is 0.236. The van der Waals surface area contributed by atoms with E-state index in [2.05, 4.69) is 5.32 Å². The Labute approximate surface area is 206 Å². The van der Waals surface area contributed by atoms with Gasteiger partial charge in [-0.3, -0.25) is 4.79 Å². The predicted molar refractivity (Wildman–Crippen MR) is 139 cm³/mol. The summed E-state index contributed by atoms with van der Waals surface area (Å²) in [5.74, 6) is 0.743. The van der Waals surface area contributed by atoms with Crippen molar-refractivity contribution in [2.24, 2.45) is 5.73 Å². The van der Waals surface area contributed by atoms with E-state index in [1.165, 1.54) is 0 Å². The van der Waals surface area contributed by atoms with Gasteiger partial charge >= 0.3 is 0 Å². The molecule has 1 aromatic carbocycles. The fourth-order valence-corrected chi connectivity index (χ4v) is 4.55. The number of nitrogens with zero attached hydrogens (tertiary/aromatic N) is 2. The lowest BCUT2D eigenvalue weighted by atomic mass is 9.98. The van der Waals surface area contributed by atoms with Gasteiger partial charge in [-0.1, -0.05) is 13.8 Å². The van der Waals surface area contributed by atoms with E-state index in [9.17, 15) is 14.7 Å². The Morgan fingerprint density at radius 3 is 2.71 bits per heavy atom. The number of hydrogen-bond acceptors (Lipinski definition) is 7. The number of carbonyl (C=O) groups is 1. The van der Waals surface area contributed by atoms with Gasteiger partial charge in [0.1, 0.15) is 12.0 Å². The number of aromatic nitrogens is 2. The third-order valence-electron chi connectivity index (χ3n) is 6.23. The number of methoxy groups -OCH3 is 1. The highest BCUT2D eigenvalue weighted by atomic mass is 16.5. The molecule has 1 aliphatic rings. The van der Waals surface area contributed by atoms with E-state index in [4.69, 9.17) is 15.5 Å². The van der Waals surface area contributed by atoms with E-state index in [0.717, 1.165) is 52.7 Å². The SMILES string of the molecule is CC.COc1ccc2nc3c(c(CNCCCN)c2c1)Cn1c-3cc(C(C)O)c(CCC=O)c1=O. The molecule has 0 saturated carbocycles. The maximum atomic E-state index is 13.4. The lowest BCUT2D eigenvalue weighted by molar-refractivity contribution is -0.107. The summed E-state index contributed by atoms with van der Waals surface area (Å²) in [5.41, 5.74) is 10.8. The second kappa shape index (κ2) is 12.1. The molecule has 188 valence electrons. The van der Waals surface area contributed by atoms with Crippen LogP contribution in [0.4, 0.5) is 0 Å². The van der Waals surface area contributed by atoms with Crippen LogP contribution in [0.2, 0.25) is 0 Å². The number of aliphatic hydroxyl groups excluding tert-OH is 1. The first kappa shape index (κ1) is 26.5. The lowest BCUT2D eigenvalue weighted by Gasteiger charge is -2.15. The van der Waals surface area contributed by atoms with Gasteiger partial charge in [-0.05, 0) is 68.2 Å². The molecule has 2 aromatic heterocycles. The zero-order valence-corrected chi connectivity index (χ0v) is 21.1. The summed E-state index contributed by atoms with van der Waals surface area (Å²) in [6, 6.07) is 7.63. The number of fused-ring (bicyclic) bond motifs is 4. The Bertz CT molecular complexity index is 1250. The zero-order chi connectivity index (χ0) is 25.5. The van der Waals surface area contributed by atoms with Gasteiger partial charge in [0.25, 0.3) is 5.56 Å². The maximum Gasteiger partial charge on any atom is 0.254 e. The Morgan fingerprint density at radius 2 is 2.06 bits per heavy atom. The van der Waals surface area contributed by atoms with Crippen molar-refractivity contribution in [1.82, 2.24) is 14.9 Å². The van der Waals surface area contributed by atoms with Crippen molar-refractivity contribution in [2.75, 3.05) is 20.2 Å². The number of nitrogens with two attached hydrogens (primary N) is 1. The molecule has 3 heterocycles. The van der Waals surface area contributed by atoms with Crippen LogP contribution in [-0.2, 0) is 24.3 Å². The molecule has 4 N–H and O–H groups in total. The number of aliphatic hydroxyl groups is 1. The van der Waals surface area contributed by atoms with Crippen LogP contribution < -0.4 is 21.3 Å². The molecule has 8 heteroatoms. The fraction of sp³-hybridized carbons (Fsp3) is 0.444. The molecule has 1 atom stereocenters. The van der Waals surface area contributed by atoms with E-state index >= 15 is 0 Å². The first-order chi connectivity index (χ1) is 17.0.